The minimum absolute atomic E-state index is 0.216. The van der Waals surface area contributed by atoms with Gasteiger partial charge in [0.1, 0.15) is 0 Å². The molecular formula is C14H27N. The second-order valence-corrected chi connectivity index (χ2v) is 6.09. The third-order valence-corrected chi connectivity index (χ3v) is 4.73. The molecule has 0 spiro atoms. The van der Waals surface area contributed by atoms with Gasteiger partial charge in [0, 0.05) is 5.54 Å². The fourth-order valence-electron chi connectivity index (χ4n) is 3.85. The van der Waals surface area contributed by atoms with Crippen LogP contribution in [0.3, 0.4) is 0 Å². The van der Waals surface area contributed by atoms with Gasteiger partial charge in [0.05, 0.1) is 0 Å². The van der Waals surface area contributed by atoms with Crippen molar-refractivity contribution in [2.75, 3.05) is 0 Å². The van der Waals surface area contributed by atoms with Gasteiger partial charge in [-0.1, -0.05) is 51.9 Å². The topological polar surface area (TPSA) is 26.0 Å². The molecule has 2 atom stereocenters. The molecule has 2 aliphatic carbocycles. The van der Waals surface area contributed by atoms with Crippen LogP contribution >= 0.6 is 0 Å². The summed E-state index contributed by atoms with van der Waals surface area (Å²) in [6.07, 6.45) is 13.9. The van der Waals surface area contributed by atoms with Gasteiger partial charge in [0.25, 0.3) is 0 Å². The summed E-state index contributed by atoms with van der Waals surface area (Å²) in [5, 5.41) is 0. The summed E-state index contributed by atoms with van der Waals surface area (Å²) in [5.74, 6) is 1.88. The normalized spacial score (nSPS) is 38.4. The maximum atomic E-state index is 6.60. The molecule has 0 radical (unpaired) electrons. The van der Waals surface area contributed by atoms with Crippen molar-refractivity contribution in [3.8, 4) is 0 Å². The molecule has 2 fully saturated rings. The van der Waals surface area contributed by atoms with Crippen LogP contribution in [0.1, 0.15) is 71.1 Å². The molecule has 1 heteroatoms. The van der Waals surface area contributed by atoms with Crippen molar-refractivity contribution in [1.82, 2.24) is 0 Å². The van der Waals surface area contributed by atoms with Gasteiger partial charge in [0.15, 0.2) is 0 Å². The van der Waals surface area contributed by atoms with Crippen molar-refractivity contribution in [3.05, 3.63) is 0 Å². The van der Waals surface area contributed by atoms with Crippen molar-refractivity contribution in [2.45, 2.75) is 76.7 Å². The highest BCUT2D eigenvalue weighted by molar-refractivity contribution is 4.92. The van der Waals surface area contributed by atoms with Crippen LogP contribution in [-0.4, -0.2) is 5.54 Å². The van der Waals surface area contributed by atoms with Crippen molar-refractivity contribution in [2.24, 2.45) is 17.6 Å². The Bertz CT molecular complexity index is 196. The van der Waals surface area contributed by atoms with E-state index in [4.69, 9.17) is 5.73 Å². The monoisotopic (exact) mass is 209 g/mol. The van der Waals surface area contributed by atoms with Crippen molar-refractivity contribution in [1.29, 1.82) is 0 Å². The summed E-state index contributed by atoms with van der Waals surface area (Å²) in [6.45, 7) is 2.33. The third-order valence-electron chi connectivity index (χ3n) is 4.73. The lowest BCUT2D eigenvalue weighted by Crippen LogP contribution is -2.45. The zero-order chi connectivity index (χ0) is 10.7. The summed E-state index contributed by atoms with van der Waals surface area (Å²) in [7, 11) is 0. The molecule has 2 aliphatic rings. The van der Waals surface area contributed by atoms with Gasteiger partial charge in [0.2, 0.25) is 0 Å². The van der Waals surface area contributed by atoms with Gasteiger partial charge in [-0.05, 0) is 31.1 Å². The van der Waals surface area contributed by atoms with E-state index in [-0.39, 0.29) is 5.54 Å². The average Bonchev–Trinajstić information content (AvgIpc) is 2.69. The highest BCUT2D eigenvalue weighted by atomic mass is 14.8. The molecule has 2 N–H and O–H groups in total. The van der Waals surface area contributed by atoms with E-state index >= 15 is 0 Å². The molecule has 2 unspecified atom stereocenters. The van der Waals surface area contributed by atoms with Gasteiger partial charge >= 0.3 is 0 Å². The smallest absolute Gasteiger partial charge is 0.0159 e. The molecule has 88 valence electrons. The first-order valence-corrected chi connectivity index (χ1v) is 7.01. The van der Waals surface area contributed by atoms with E-state index in [9.17, 15) is 0 Å². The first-order chi connectivity index (χ1) is 7.22. The van der Waals surface area contributed by atoms with E-state index in [2.05, 4.69) is 6.92 Å². The first kappa shape index (κ1) is 11.4. The largest absolute Gasteiger partial charge is 0.325 e. The average molecular weight is 209 g/mol. The molecule has 0 aliphatic heterocycles. The molecule has 0 aromatic carbocycles. The van der Waals surface area contributed by atoms with Crippen LogP contribution < -0.4 is 5.73 Å². The van der Waals surface area contributed by atoms with E-state index in [1.165, 1.54) is 64.2 Å². The lowest BCUT2D eigenvalue weighted by atomic mass is 9.71. The van der Waals surface area contributed by atoms with Gasteiger partial charge in [-0.25, -0.2) is 0 Å². The highest BCUT2D eigenvalue weighted by Crippen LogP contribution is 2.40. The number of hydrogen-bond acceptors (Lipinski definition) is 1. The maximum Gasteiger partial charge on any atom is 0.0159 e. The predicted octanol–water partition coefficient (Wildman–Crippen LogP) is 3.86. The Balaban J connectivity index is 1.87. The van der Waals surface area contributed by atoms with Crippen LogP contribution in [0.15, 0.2) is 0 Å². The molecule has 1 nitrogen and oxygen atoms in total. The molecule has 2 saturated carbocycles. The van der Waals surface area contributed by atoms with Gasteiger partial charge in [-0.3, -0.25) is 0 Å². The van der Waals surface area contributed by atoms with Crippen LogP contribution in [0.25, 0.3) is 0 Å². The van der Waals surface area contributed by atoms with Gasteiger partial charge < -0.3 is 5.73 Å². The summed E-state index contributed by atoms with van der Waals surface area (Å²) < 4.78 is 0. The molecule has 2 rings (SSSR count). The Hall–Kier alpha value is -0.0400. The van der Waals surface area contributed by atoms with Crippen molar-refractivity contribution in [3.63, 3.8) is 0 Å². The molecule has 0 heterocycles. The summed E-state index contributed by atoms with van der Waals surface area (Å²) in [5.41, 5.74) is 6.82. The van der Waals surface area contributed by atoms with Crippen LogP contribution in [0.4, 0.5) is 0 Å². The standard InChI is InChI=1S/C14H27N/c1-2-12-8-5-9-14(15,10-12)11-13-6-3-4-7-13/h12-13H,2-11,15H2,1H3. The maximum absolute atomic E-state index is 6.60. The summed E-state index contributed by atoms with van der Waals surface area (Å²) in [4.78, 5) is 0. The fraction of sp³-hybridized carbons (Fsp3) is 1.00. The molecule has 0 aromatic heterocycles. The zero-order valence-electron chi connectivity index (χ0n) is 10.3. The minimum Gasteiger partial charge on any atom is -0.325 e. The van der Waals surface area contributed by atoms with Crippen molar-refractivity contribution < 1.29 is 0 Å². The van der Waals surface area contributed by atoms with Crippen molar-refractivity contribution >= 4 is 0 Å². The van der Waals surface area contributed by atoms with E-state index in [0.717, 1.165) is 11.8 Å². The minimum atomic E-state index is 0.216. The Kier molecular flexibility index (Phi) is 3.71. The van der Waals surface area contributed by atoms with Crippen LogP contribution in [0.5, 0.6) is 0 Å². The molecule has 15 heavy (non-hydrogen) atoms. The molecule has 0 aromatic rings. The highest BCUT2D eigenvalue weighted by Gasteiger charge is 2.34. The first-order valence-electron chi connectivity index (χ1n) is 7.01. The SMILES string of the molecule is CCC1CCCC(N)(CC2CCCC2)C1. The van der Waals surface area contributed by atoms with Gasteiger partial charge in [-0.2, -0.15) is 0 Å². The van der Waals surface area contributed by atoms with Gasteiger partial charge in [-0.15, -0.1) is 0 Å². The van der Waals surface area contributed by atoms with E-state index in [1.807, 2.05) is 0 Å². The number of rotatable bonds is 3. The quantitative estimate of drug-likeness (QED) is 0.750. The van der Waals surface area contributed by atoms with Crippen LogP contribution in [0, 0.1) is 11.8 Å². The Morgan fingerprint density at radius 3 is 2.40 bits per heavy atom. The zero-order valence-corrected chi connectivity index (χ0v) is 10.3. The Labute approximate surface area is 94.8 Å². The van der Waals surface area contributed by atoms with E-state index in [0.29, 0.717) is 0 Å². The lowest BCUT2D eigenvalue weighted by Gasteiger charge is -2.39. The Morgan fingerprint density at radius 1 is 1.07 bits per heavy atom. The van der Waals surface area contributed by atoms with Crippen LogP contribution in [-0.2, 0) is 0 Å². The van der Waals surface area contributed by atoms with Crippen LogP contribution in [0.2, 0.25) is 0 Å². The summed E-state index contributed by atoms with van der Waals surface area (Å²) in [6, 6.07) is 0. The number of hydrogen-bond donors (Lipinski definition) is 1. The number of nitrogens with two attached hydrogens (primary N) is 1. The molecule has 0 amide bonds. The summed E-state index contributed by atoms with van der Waals surface area (Å²) >= 11 is 0. The second kappa shape index (κ2) is 4.86. The Morgan fingerprint density at radius 2 is 1.73 bits per heavy atom. The molecular weight excluding hydrogens is 182 g/mol. The van der Waals surface area contributed by atoms with E-state index < -0.39 is 0 Å². The van der Waals surface area contributed by atoms with E-state index in [1.54, 1.807) is 0 Å². The lowest BCUT2D eigenvalue weighted by molar-refractivity contribution is 0.184. The second-order valence-electron chi connectivity index (χ2n) is 6.09. The molecule has 0 bridgehead atoms. The third kappa shape index (κ3) is 2.96. The predicted molar refractivity (Wildman–Crippen MR) is 65.7 cm³/mol. The molecule has 0 saturated heterocycles. The fourth-order valence-corrected chi connectivity index (χ4v) is 3.85.